The molecule has 0 fully saturated rings. The highest BCUT2D eigenvalue weighted by Gasteiger charge is 2.31. The lowest BCUT2D eigenvalue weighted by molar-refractivity contribution is -0.151. The largest absolute Gasteiger partial charge is 0.395 e. The summed E-state index contributed by atoms with van der Waals surface area (Å²) in [6.07, 6.45) is -4.97. The van der Waals surface area contributed by atoms with Gasteiger partial charge in [-0.25, -0.2) is 9.67 Å². The Bertz CT molecular complexity index is 345. The number of nitrogens with zero attached hydrogens (tertiary/aromatic N) is 3. The summed E-state index contributed by atoms with van der Waals surface area (Å²) in [6.45, 7) is 2.25. The van der Waals surface area contributed by atoms with Crippen molar-refractivity contribution in [2.45, 2.75) is 32.5 Å². The second-order valence-electron chi connectivity index (χ2n) is 3.00. The first-order chi connectivity index (χ1) is 6.92. The first-order valence-corrected chi connectivity index (χ1v) is 4.37. The van der Waals surface area contributed by atoms with Crippen molar-refractivity contribution in [2.75, 3.05) is 0 Å². The minimum Gasteiger partial charge on any atom is -0.299 e. The van der Waals surface area contributed by atoms with Crippen LogP contribution < -0.4 is 0 Å². The van der Waals surface area contributed by atoms with Crippen LogP contribution in [0.25, 0.3) is 0 Å². The van der Waals surface area contributed by atoms with E-state index in [-0.39, 0.29) is 12.2 Å². The molecule has 0 amide bonds. The Morgan fingerprint density at radius 2 is 2.20 bits per heavy atom. The third-order valence-corrected chi connectivity index (χ3v) is 1.75. The average Bonchev–Trinajstić information content (AvgIpc) is 2.48. The fourth-order valence-electron chi connectivity index (χ4n) is 1.15. The summed E-state index contributed by atoms with van der Waals surface area (Å²) in [6, 6.07) is 0. The van der Waals surface area contributed by atoms with Crippen molar-refractivity contribution in [2.24, 2.45) is 0 Å². The zero-order valence-electron chi connectivity index (χ0n) is 8.08. The van der Waals surface area contributed by atoms with Crippen LogP contribution in [0.3, 0.4) is 0 Å². The van der Waals surface area contributed by atoms with E-state index >= 15 is 0 Å². The maximum absolute atomic E-state index is 11.9. The molecule has 0 aliphatic rings. The lowest BCUT2D eigenvalue weighted by Gasteiger charge is -2.05. The summed E-state index contributed by atoms with van der Waals surface area (Å²) in [5.41, 5.74) is 0. The van der Waals surface area contributed by atoms with Gasteiger partial charge in [0.15, 0.2) is 0 Å². The van der Waals surface area contributed by atoms with E-state index < -0.39 is 18.4 Å². The van der Waals surface area contributed by atoms with Crippen molar-refractivity contribution in [3.05, 3.63) is 12.2 Å². The third kappa shape index (κ3) is 3.69. The van der Waals surface area contributed by atoms with Crippen molar-refractivity contribution in [1.29, 1.82) is 0 Å². The van der Waals surface area contributed by atoms with Gasteiger partial charge in [0.1, 0.15) is 24.4 Å². The fourth-order valence-corrected chi connectivity index (χ4v) is 1.15. The van der Waals surface area contributed by atoms with Crippen LogP contribution in [0.4, 0.5) is 13.2 Å². The second kappa shape index (κ2) is 4.41. The van der Waals surface area contributed by atoms with Crippen LogP contribution in [0.5, 0.6) is 0 Å². The molecule has 7 heteroatoms. The Kier molecular flexibility index (Phi) is 3.43. The van der Waals surface area contributed by atoms with Gasteiger partial charge in [-0.1, -0.05) is 0 Å². The Balaban J connectivity index is 2.59. The molecule has 0 aliphatic carbocycles. The number of hydrogen-bond acceptors (Lipinski definition) is 3. The number of carbonyl (C=O) groups is 1. The third-order valence-electron chi connectivity index (χ3n) is 1.75. The van der Waals surface area contributed by atoms with Crippen LogP contribution in [0.1, 0.15) is 19.2 Å². The van der Waals surface area contributed by atoms with E-state index in [4.69, 9.17) is 0 Å². The van der Waals surface area contributed by atoms with Gasteiger partial charge in [-0.3, -0.25) is 4.79 Å². The van der Waals surface area contributed by atoms with E-state index in [1.165, 1.54) is 11.0 Å². The Morgan fingerprint density at radius 3 is 2.73 bits per heavy atom. The number of rotatable bonds is 4. The number of hydrogen-bond donors (Lipinski definition) is 0. The summed E-state index contributed by atoms with van der Waals surface area (Å²) in [5, 5.41) is 3.76. The first-order valence-electron chi connectivity index (χ1n) is 4.37. The molecule has 1 aromatic heterocycles. The SMILES string of the molecule is CCn1ncnc1CC(=O)CC(F)(F)F. The number of Topliss-reactive ketones (excluding diaryl/α,β-unsaturated/α-hetero) is 1. The van der Waals surface area contributed by atoms with Gasteiger partial charge in [0.2, 0.25) is 0 Å². The Hall–Kier alpha value is -1.40. The highest BCUT2D eigenvalue weighted by molar-refractivity contribution is 5.80. The molecular weight excluding hydrogens is 211 g/mol. The molecule has 0 saturated carbocycles. The van der Waals surface area contributed by atoms with Crippen LogP contribution in [-0.2, 0) is 17.8 Å². The monoisotopic (exact) mass is 221 g/mol. The summed E-state index contributed by atoms with van der Waals surface area (Å²) >= 11 is 0. The summed E-state index contributed by atoms with van der Waals surface area (Å²) in [5.74, 6) is -0.628. The zero-order chi connectivity index (χ0) is 11.5. The molecule has 0 saturated heterocycles. The zero-order valence-corrected chi connectivity index (χ0v) is 8.08. The first kappa shape index (κ1) is 11.7. The van der Waals surface area contributed by atoms with Crippen molar-refractivity contribution in [3.8, 4) is 0 Å². The molecule has 4 nitrogen and oxygen atoms in total. The minimum absolute atomic E-state index is 0.270. The molecular formula is C8H10F3N3O. The predicted octanol–water partition coefficient (Wildman–Crippen LogP) is 1.36. The van der Waals surface area contributed by atoms with Gasteiger partial charge >= 0.3 is 6.18 Å². The van der Waals surface area contributed by atoms with E-state index in [9.17, 15) is 18.0 Å². The molecule has 0 atom stereocenters. The van der Waals surface area contributed by atoms with Gasteiger partial charge in [-0.05, 0) is 6.92 Å². The van der Waals surface area contributed by atoms with Crippen LogP contribution in [-0.4, -0.2) is 26.7 Å². The number of carbonyl (C=O) groups excluding carboxylic acids is 1. The number of aromatic nitrogens is 3. The lowest BCUT2D eigenvalue weighted by atomic mass is 10.2. The van der Waals surface area contributed by atoms with E-state index in [0.29, 0.717) is 6.54 Å². The molecule has 0 aliphatic heterocycles. The van der Waals surface area contributed by atoms with E-state index in [1.807, 2.05) is 0 Å². The van der Waals surface area contributed by atoms with Crippen LogP contribution in [0, 0.1) is 0 Å². The molecule has 1 rings (SSSR count). The summed E-state index contributed by atoms with van der Waals surface area (Å²) in [7, 11) is 0. The maximum Gasteiger partial charge on any atom is 0.395 e. The highest BCUT2D eigenvalue weighted by atomic mass is 19.4. The molecule has 0 N–H and O–H groups in total. The normalized spacial score (nSPS) is 11.7. The van der Waals surface area contributed by atoms with Gasteiger partial charge in [-0.15, -0.1) is 0 Å². The molecule has 0 unspecified atom stereocenters. The van der Waals surface area contributed by atoms with Crippen LogP contribution in [0.2, 0.25) is 0 Å². The summed E-state index contributed by atoms with van der Waals surface area (Å²) in [4.78, 5) is 14.7. The number of alkyl halides is 3. The lowest BCUT2D eigenvalue weighted by Crippen LogP contribution is -2.18. The molecule has 84 valence electrons. The molecule has 1 aromatic rings. The van der Waals surface area contributed by atoms with Crippen LogP contribution in [0.15, 0.2) is 6.33 Å². The van der Waals surface area contributed by atoms with Gasteiger partial charge in [-0.2, -0.15) is 18.3 Å². The predicted molar refractivity (Wildman–Crippen MR) is 45.1 cm³/mol. The van der Waals surface area contributed by atoms with Crippen molar-refractivity contribution >= 4 is 5.78 Å². The van der Waals surface area contributed by atoms with Gasteiger partial charge < -0.3 is 0 Å². The van der Waals surface area contributed by atoms with Crippen molar-refractivity contribution < 1.29 is 18.0 Å². The molecule has 0 spiro atoms. The Morgan fingerprint density at radius 1 is 1.53 bits per heavy atom. The second-order valence-corrected chi connectivity index (χ2v) is 3.00. The number of halogens is 3. The van der Waals surface area contributed by atoms with E-state index in [2.05, 4.69) is 10.1 Å². The van der Waals surface area contributed by atoms with Gasteiger partial charge in [0.05, 0.1) is 6.42 Å². The molecule has 0 radical (unpaired) electrons. The molecule has 0 bridgehead atoms. The Labute approximate surface area is 84.1 Å². The topological polar surface area (TPSA) is 47.8 Å². The quantitative estimate of drug-likeness (QED) is 0.771. The minimum atomic E-state index is -4.45. The van der Waals surface area contributed by atoms with E-state index in [1.54, 1.807) is 6.92 Å². The molecule has 0 aromatic carbocycles. The smallest absolute Gasteiger partial charge is 0.299 e. The summed E-state index contributed by atoms with van der Waals surface area (Å²) < 4.78 is 37.0. The molecule has 15 heavy (non-hydrogen) atoms. The fraction of sp³-hybridized carbons (Fsp3) is 0.625. The van der Waals surface area contributed by atoms with Crippen molar-refractivity contribution in [1.82, 2.24) is 14.8 Å². The average molecular weight is 221 g/mol. The number of aryl methyl sites for hydroxylation is 1. The van der Waals surface area contributed by atoms with Crippen molar-refractivity contribution in [3.63, 3.8) is 0 Å². The maximum atomic E-state index is 11.9. The highest BCUT2D eigenvalue weighted by Crippen LogP contribution is 2.20. The molecule has 1 heterocycles. The van der Waals surface area contributed by atoms with E-state index in [0.717, 1.165) is 0 Å². The van der Waals surface area contributed by atoms with Gasteiger partial charge in [0, 0.05) is 6.54 Å². The van der Waals surface area contributed by atoms with Crippen LogP contribution >= 0.6 is 0 Å². The number of ketones is 1. The van der Waals surface area contributed by atoms with Gasteiger partial charge in [0.25, 0.3) is 0 Å². The standard InChI is InChI=1S/C8H10F3N3O/c1-2-14-7(12-5-13-14)3-6(15)4-8(9,10)11/h5H,2-4H2,1H3.